The average Bonchev–Trinajstić information content (AvgIpc) is 2.61. The van der Waals surface area contributed by atoms with Crippen molar-refractivity contribution < 1.29 is 14.3 Å². The molecule has 0 unspecified atom stereocenters. The van der Waals surface area contributed by atoms with Crippen molar-refractivity contribution in [3.8, 4) is 17.6 Å². The van der Waals surface area contributed by atoms with Crippen LogP contribution in [0.5, 0.6) is 11.5 Å². The van der Waals surface area contributed by atoms with Gasteiger partial charge in [-0.2, -0.15) is 5.26 Å². The first kappa shape index (κ1) is 20.8. The summed E-state index contributed by atoms with van der Waals surface area (Å²) in [5.41, 5.74) is 9.27. The molecule has 5 nitrogen and oxygen atoms in total. The average molecular weight is 476 g/mol. The number of nitrogens with zero attached hydrogens (tertiary/aromatic N) is 1. The molecule has 0 heterocycles. The minimum absolute atomic E-state index is 0.114. The Kier molecular flexibility index (Phi) is 7.25. The van der Waals surface area contributed by atoms with Crippen LogP contribution in [-0.4, -0.2) is 12.5 Å². The summed E-state index contributed by atoms with van der Waals surface area (Å²) < 4.78 is 12.5. The molecule has 0 atom stereocenters. The number of ether oxygens (including phenoxy) is 2. The molecule has 0 saturated heterocycles. The second-order valence-electron chi connectivity index (χ2n) is 6.00. The Morgan fingerprint density at radius 3 is 2.56 bits per heavy atom. The number of carbonyl (C=O) groups is 1. The molecule has 27 heavy (non-hydrogen) atoms. The lowest BCUT2D eigenvalue weighted by Gasteiger charge is -2.15. The summed E-state index contributed by atoms with van der Waals surface area (Å²) in [6.45, 7) is 6.90. The summed E-state index contributed by atoms with van der Waals surface area (Å²) in [7, 11) is 0. The zero-order valence-corrected chi connectivity index (χ0v) is 17.7. The van der Waals surface area contributed by atoms with Gasteiger partial charge in [-0.05, 0) is 83.8 Å². The number of carbonyl (C=O) groups excluding carboxylic acids is 1. The Morgan fingerprint density at radius 2 is 1.96 bits per heavy atom. The van der Waals surface area contributed by atoms with Gasteiger partial charge in [0, 0.05) is 0 Å². The van der Waals surface area contributed by atoms with Crippen LogP contribution in [0.15, 0.2) is 35.9 Å². The molecule has 0 saturated carbocycles. The molecule has 0 aliphatic rings. The van der Waals surface area contributed by atoms with Crippen molar-refractivity contribution in [3.63, 3.8) is 0 Å². The van der Waals surface area contributed by atoms with Gasteiger partial charge in [-0.25, -0.2) is 0 Å². The molecular weight excluding hydrogens is 455 g/mol. The highest BCUT2D eigenvalue weighted by Crippen LogP contribution is 2.35. The SMILES string of the molecule is CCOc1cc(/C=C(\C#N)C(N)=O)cc(I)c1OCc1ccc(C)c(C)c1. The number of hydrogen-bond acceptors (Lipinski definition) is 4. The Balaban J connectivity index is 2.34. The molecule has 0 bridgehead atoms. The number of benzene rings is 2. The van der Waals surface area contributed by atoms with Crippen molar-refractivity contribution in [2.45, 2.75) is 27.4 Å². The fourth-order valence-electron chi connectivity index (χ4n) is 2.45. The molecule has 140 valence electrons. The quantitative estimate of drug-likeness (QED) is 0.367. The Morgan fingerprint density at radius 1 is 1.22 bits per heavy atom. The topological polar surface area (TPSA) is 85.3 Å². The van der Waals surface area contributed by atoms with Crippen LogP contribution < -0.4 is 15.2 Å². The van der Waals surface area contributed by atoms with Gasteiger partial charge in [0.05, 0.1) is 10.2 Å². The number of primary amides is 1. The Labute approximate surface area is 172 Å². The highest BCUT2D eigenvalue weighted by molar-refractivity contribution is 14.1. The van der Waals surface area contributed by atoms with E-state index in [1.54, 1.807) is 12.1 Å². The Hall–Kier alpha value is -2.53. The van der Waals surface area contributed by atoms with Crippen molar-refractivity contribution >= 4 is 34.6 Å². The highest BCUT2D eigenvalue weighted by atomic mass is 127. The first-order valence-electron chi connectivity index (χ1n) is 8.42. The van der Waals surface area contributed by atoms with Gasteiger partial charge in [0.2, 0.25) is 0 Å². The lowest BCUT2D eigenvalue weighted by Crippen LogP contribution is -2.12. The summed E-state index contributed by atoms with van der Waals surface area (Å²) in [5.74, 6) is 0.423. The van der Waals surface area contributed by atoms with Gasteiger partial charge in [-0.1, -0.05) is 18.2 Å². The maximum Gasteiger partial charge on any atom is 0.259 e. The zero-order valence-electron chi connectivity index (χ0n) is 15.5. The van der Waals surface area contributed by atoms with Gasteiger partial charge in [-0.3, -0.25) is 4.79 Å². The predicted octanol–water partition coefficient (Wildman–Crippen LogP) is 4.28. The van der Waals surface area contributed by atoms with Gasteiger partial charge >= 0.3 is 0 Å². The van der Waals surface area contributed by atoms with E-state index in [1.165, 1.54) is 17.2 Å². The second kappa shape index (κ2) is 9.42. The van der Waals surface area contributed by atoms with Gasteiger partial charge in [0.15, 0.2) is 11.5 Å². The number of halogens is 1. The van der Waals surface area contributed by atoms with Crippen molar-refractivity contribution in [2.75, 3.05) is 6.61 Å². The summed E-state index contributed by atoms with van der Waals surface area (Å²) in [6, 6.07) is 11.6. The van der Waals surface area contributed by atoms with Crippen LogP contribution in [0.4, 0.5) is 0 Å². The number of nitrogens with two attached hydrogens (primary N) is 1. The van der Waals surface area contributed by atoms with Crippen molar-refractivity contribution in [1.29, 1.82) is 5.26 Å². The predicted molar refractivity (Wildman–Crippen MR) is 113 cm³/mol. The van der Waals surface area contributed by atoms with E-state index in [2.05, 4.69) is 48.6 Å². The summed E-state index contributed by atoms with van der Waals surface area (Å²) in [5, 5.41) is 9.03. The van der Waals surface area contributed by atoms with E-state index < -0.39 is 5.91 Å². The minimum Gasteiger partial charge on any atom is -0.490 e. The summed E-state index contributed by atoms with van der Waals surface area (Å²) >= 11 is 2.15. The van der Waals surface area contributed by atoms with Crippen LogP contribution in [-0.2, 0) is 11.4 Å². The van der Waals surface area contributed by atoms with Crippen molar-refractivity contribution in [2.24, 2.45) is 5.73 Å². The first-order chi connectivity index (χ1) is 12.8. The molecule has 0 spiro atoms. The molecule has 0 aromatic heterocycles. The molecule has 2 rings (SSSR count). The molecular formula is C21H21IN2O3. The second-order valence-corrected chi connectivity index (χ2v) is 7.17. The molecule has 0 aliphatic heterocycles. The monoisotopic (exact) mass is 476 g/mol. The highest BCUT2D eigenvalue weighted by Gasteiger charge is 2.13. The van der Waals surface area contributed by atoms with Gasteiger partial charge in [0.1, 0.15) is 18.2 Å². The molecule has 0 radical (unpaired) electrons. The maximum absolute atomic E-state index is 11.3. The summed E-state index contributed by atoms with van der Waals surface area (Å²) in [6.07, 6.45) is 1.44. The third-order valence-corrected chi connectivity index (χ3v) is 4.78. The van der Waals surface area contributed by atoms with Crippen LogP contribution in [0.3, 0.4) is 0 Å². The molecule has 0 aliphatic carbocycles. The van der Waals surface area contributed by atoms with E-state index in [9.17, 15) is 4.79 Å². The molecule has 2 aromatic rings. The lowest BCUT2D eigenvalue weighted by molar-refractivity contribution is -0.114. The van der Waals surface area contributed by atoms with E-state index in [4.69, 9.17) is 20.5 Å². The molecule has 6 heteroatoms. The van der Waals surface area contributed by atoms with Gasteiger partial charge in [0.25, 0.3) is 5.91 Å². The lowest BCUT2D eigenvalue weighted by atomic mass is 10.1. The fourth-order valence-corrected chi connectivity index (χ4v) is 3.23. The number of hydrogen-bond donors (Lipinski definition) is 1. The number of rotatable bonds is 7. The molecule has 2 aromatic carbocycles. The number of amides is 1. The van der Waals surface area contributed by atoms with Crippen LogP contribution in [0.25, 0.3) is 6.08 Å². The van der Waals surface area contributed by atoms with E-state index in [0.717, 1.165) is 9.13 Å². The van der Waals surface area contributed by atoms with Gasteiger partial charge < -0.3 is 15.2 Å². The van der Waals surface area contributed by atoms with E-state index in [1.807, 2.05) is 19.1 Å². The third-order valence-electron chi connectivity index (χ3n) is 3.98. The van der Waals surface area contributed by atoms with Crippen LogP contribution in [0.1, 0.15) is 29.2 Å². The summed E-state index contributed by atoms with van der Waals surface area (Å²) in [4.78, 5) is 11.3. The maximum atomic E-state index is 11.3. The Bertz CT molecular complexity index is 930. The third kappa shape index (κ3) is 5.47. The van der Waals surface area contributed by atoms with Gasteiger partial charge in [-0.15, -0.1) is 0 Å². The molecule has 2 N–H and O–H groups in total. The smallest absolute Gasteiger partial charge is 0.259 e. The van der Waals surface area contributed by atoms with E-state index >= 15 is 0 Å². The fraction of sp³-hybridized carbons (Fsp3) is 0.238. The number of nitriles is 1. The first-order valence-corrected chi connectivity index (χ1v) is 9.50. The van der Waals surface area contributed by atoms with Crippen molar-refractivity contribution in [1.82, 2.24) is 0 Å². The normalized spacial score (nSPS) is 11.0. The molecule has 0 fully saturated rings. The van der Waals surface area contributed by atoms with Crippen LogP contribution in [0, 0.1) is 28.7 Å². The zero-order chi connectivity index (χ0) is 20.0. The van der Waals surface area contributed by atoms with Crippen LogP contribution in [0.2, 0.25) is 0 Å². The molecule has 1 amide bonds. The van der Waals surface area contributed by atoms with E-state index in [0.29, 0.717) is 30.3 Å². The minimum atomic E-state index is -0.763. The van der Waals surface area contributed by atoms with E-state index in [-0.39, 0.29) is 5.57 Å². The van der Waals surface area contributed by atoms with Crippen molar-refractivity contribution in [3.05, 3.63) is 61.7 Å². The number of aryl methyl sites for hydroxylation is 2. The standard InChI is InChI=1S/C21H21IN2O3/c1-4-26-19-10-16(8-17(11-23)21(24)25)9-18(22)20(19)27-12-15-6-5-13(2)14(3)7-15/h5-10H,4,12H2,1-3H3,(H2,24,25)/b17-8+. The largest absolute Gasteiger partial charge is 0.490 e. The van der Waals surface area contributed by atoms with Crippen LogP contribution >= 0.6 is 22.6 Å².